The number of imidazole rings is 1. The molecule has 4 aromatic rings. The predicted molar refractivity (Wildman–Crippen MR) is 154 cm³/mol. The first-order valence-electron chi connectivity index (χ1n) is 12.8. The van der Waals surface area contributed by atoms with Crippen LogP contribution in [0.2, 0.25) is 5.02 Å². The molecule has 206 valence electrons. The van der Waals surface area contributed by atoms with Gasteiger partial charge < -0.3 is 15.2 Å². The van der Waals surface area contributed by atoms with Gasteiger partial charge in [-0.05, 0) is 45.7 Å². The van der Waals surface area contributed by atoms with Crippen LogP contribution in [0, 0.1) is 5.41 Å². The molecule has 1 spiro atoms. The first-order chi connectivity index (χ1) is 18.6. The van der Waals surface area contributed by atoms with Crippen molar-refractivity contribution in [3.8, 4) is 0 Å². The Kier molecular flexibility index (Phi) is 6.70. The maximum Gasteiger partial charge on any atom is 0.209 e. The van der Waals surface area contributed by atoms with Gasteiger partial charge in [-0.1, -0.05) is 23.4 Å². The van der Waals surface area contributed by atoms with Crippen LogP contribution in [0.5, 0.6) is 0 Å². The van der Waals surface area contributed by atoms with Gasteiger partial charge in [0.15, 0.2) is 11.3 Å². The number of halogens is 1. The summed E-state index contributed by atoms with van der Waals surface area (Å²) < 4.78 is 20.3. The molecule has 0 radical (unpaired) electrons. The molecule has 0 aromatic carbocycles. The predicted octanol–water partition coefficient (Wildman–Crippen LogP) is 3.73. The zero-order valence-corrected chi connectivity index (χ0v) is 24.6. The second kappa shape index (κ2) is 9.81. The Balaban J connectivity index is 1.22. The summed E-state index contributed by atoms with van der Waals surface area (Å²) in [4.78, 5) is 21.3. The zero-order chi connectivity index (χ0) is 27.5. The van der Waals surface area contributed by atoms with E-state index in [-0.39, 0.29) is 22.0 Å². The first-order valence-corrected chi connectivity index (χ1v) is 15.1. The minimum Gasteiger partial charge on any atom is -0.598 e. The number of hydrogen-bond donors (Lipinski definition) is 2. The van der Waals surface area contributed by atoms with Crippen LogP contribution in [0.25, 0.3) is 11.3 Å². The Morgan fingerprint density at radius 2 is 1.95 bits per heavy atom. The Hall–Kier alpha value is -2.58. The molecule has 2 aliphatic rings. The molecule has 6 heterocycles. The molecule has 0 aliphatic carbocycles. The Morgan fingerprint density at radius 1 is 1.18 bits per heavy atom. The number of nitrogens with one attached hydrogen (secondary N) is 1. The maximum absolute atomic E-state index is 13.1. The summed E-state index contributed by atoms with van der Waals surface area (Å²) in [6, 6.07) is 3.83. The number of nitrogen functional groups attached to an aromatic ring is 1. The summed E-state index contributed by atoms with van der Waals surface area (Å²) in [6.07, 6.45) is 7.01. The summed E-state index contributed by atoms with van der Waals surface area (Å²) in [6.45, 7) is 8.44. The van der Waals surface area contributed by atoms with Crippen LogP contribution < -0.4 is 15.4 Å². The number of hydrogen-bond acceptors (Lipinski definition) is 10. The average molecular weight is 587 g/mol. The molecule has 0 bridgehead atoms. The van der Waals surface area contributed by atoms with E-state index in [1.807, 2.05) is 44.6 Å². The molecule has 11 nitrogen and oxygen atoms in total. The third-order valence-corrected chi connectivity index (χ3v) is 10.6. The standard InChI is InChI=1S/C25H31ClN10OS2/c1-24(2,3)39(37)33-19-15-5-10-30-36(15)14-25(19)7-11-35(12-8-25)23-32-21-22(34(23)4)29-13-17(31-21)38-16-6-9-28-20(27)18(16)26/h5-6,9-10,13,19,33H,7-8,11-12,14H2,1-4H3,(H2,27,28)/t19-,39-/m1/s1. The molecule has 39 heavy (non-hydrogen) atoms. The van der Waals surface area contributed by atoms with E-state index in [9.17, 15) is 4.55 Å². The fourth-order valence-corrected chi connectivity index (χ4v) is 7.34. The van der Waals surface area contributed by atoms with Crippen LogP contribution >= 0.6 is 23.4 Å². The largest absolute Gasteiger partial charge is 0.598 e. The van der Waals surface area contributed by atoms with Gasteiger partial charge in [0, 0.05) is 60.7 Å². The average Bonchev–Trinajstić information content (AvgIpc) is 3.55. The molecule has 2 aliphatic heterocycles. The lowest BCUT2D eigenvalue weighted by Crippen LogP contribution is -2.50. The molecule has 4 aromatic heterocycles. The number of pyridine rings is 1. The summed E-state index contributed by atoms with van der Waals surface area (Å²) >= 11 is 6.51. The molecular formula is C25H31ClN10OS2. The lowest BCUT2D eigenvalue weighted by molar-refractivity contribution is 0.160. The maximum atomic E-state index is 13.1. The number of nitrogens with zero attached hydrogens (tertiary/aromatic N) is 8. The van der Waals surface area contributed by atoms with Gasteiger partial charge in [0.2, 0.25) is 5.95 Å². The first kappa shape index (κ1) is 26.6. The van der Waals surface area contributed by atoms with Crippen molar-refractivity contribution in [1.29, 1.82) is 0 Å². The van der Waals surface area contributed by atoms with Crippen LogP contribution in [0.3, 0.4) is 0 Å². The summed E-state index contributed by atoms with van der Waals surface area (Å²) in [5.74, 6) is 1.12. The number of piperidine rings is 1. The van der Waals surface area contributed by atoms with Crippen molar-refractivity contribution in [2.45, 2.75) is 60.9 Å². The third kappa shape index (κ3) is 4.73. The van der Waals surface area contributed by atoms with Crippen molar-refractivity contribution >= 4 is 57.8 Å². The monoisotopic (exact) mass is 586 g/mol. The van der Waals surface area contributed by atoms with Crippen molar-refractivity contribution in [1.82, 2.24) is 39.0 Å². The number of aromatic nitrogens is 7. The molecule has 0 saturated carbocycles. The quantitative estimate of drug-likeness (QED) is 0.332. The summed E-state index contributed by atoms with van der Waals surface area (Å²) in [7, 11) is 1.97. The third-order valence-electron chi connectivity index (χ3n) is 7.58. The molecule has 6 rings (SSSR count). The van der Waals surface area contributed by atoms with Gasteiger partial charge in [-0.25, -0.2) is 15.0 Å². The van der Waals surface area contributed by atoms with Gasteiger partial charge in [-0.15, -0.1) is 4.72 Å². The van der Waals surface area contributed by atoms with Crippen LogP contribution in [0.4, 0.5) is 11.8 Å². The van der Waals surface area contributed by atoms with Gasteiger partial charge >= 0.3 is 0 Å². The van der Waals surface area contributed by atoms with Gasteiger partial charge in [0.05, 0.1) is 16.9 Å². The Morgan fingerprint density at radius 3 is 2.69 bits per heavy atom. The molecule has 14 heteroatoms. The molecule has 0 unspecified atom stereocenters. The highest BCUT2D eigenvalue weighted by molar-refractivity contribution is 7.99. The highest BCUT2D eigenvalue weighted by Gasteiger charge is 2.51. The molecule has 2 atom stereocenters. The van der Waals surface area contributed by atoms with E-state index >= 15 is 0 Å². The zero-order valence-electron chi connectivity index (χ0n) is 22.3. The lowest BCUT2D eigenvalue weighted by atomic mass is 9.73. The van der Waals surface area contributed by atoms with Gasteiger partial charge in [0.25, 0.3) is 0 Å². The van der Waals surface area contributed by atoms with Gasteiger partial charge in [-0.3, -0.25) is 9.25 Å². The van der Waals surface area contributed by atoms with Crippen LogP contribution in [0.1, 0.15) is 45.3 Å². The second-order valence-electron chi connectivity index (χ2n) is 11.1. The van der Waals surface area contributed by atoms with Crippen LogP contribution in [-0.4, -0.2) is 56.7 Å². The van der Waals surface area contributed by atoms with Gasteiger partial charge in [0.1, 0.15) is 21.6 Å². The molecule has 3 N–H and O–H groups in total. The van der Waals surface area contributed by atoms with E-state index in [1.165, 1.54) is 11.8 Å². The SMILES string of the molecule is Cn1c(N2CCC3(CC2)Cn2nccc2[C@H]3N[S@+]([O-])C(C)(C)C)nc2nc(Sc3ccnc(N)c3Cl)cnc21. The minimum absolute atomic E-state index is 0.0142. The fourth-order valence-electron chi connectivity index (χ4n) is 5.39. The summed E-state index contributed by atoms with van der Waals surface area (Å²) in [5, 5.41) is 5.63. The van der Waals surface area contributed by atoms with Crippen molar-refractivity contribution in [2.24, 2.45) is 12.5 Å². The van der Waals surface area contributed by atoms with E-state index in [0.29, 0.717) is 15.7 Å². The number of fused-ring (bicyclic) bond motifs is 2. The molecule has 1 saturated heterocycles. The van der Waals surface area contributed by atoms with E-state index in [1.54, 1.807) is 18.5 Å². The van der Waals surface area contributed by atoms with E-state index < -0.39 is 11.4 Å². The smallest absolute Gasteiger partial charge is 0.209 e. The number of aryl methyl sites for hydroxylation is 1. The van der Waals surface area contributed by atoms with Gasteiger partial charge in [-0.2, -0.15) is 10.1 Å². The lowest BCUT2D eigenvalue weighted by Gasteiger charge is -2.43. The molecule has 0 amide bonds. The fraction of sp³-hybridized carbons (Fsp3) is 0.480. The van der Waals surface area contributed by atoms with Crippen molar-refractivity contribution in [3.63, 3.8) is 0 Å². The Labute approximate surface area is 239 Å². The number of rotatable bonds is 5. The normalized spacial score (nSPS) is 19.6. The van der Waals surface area contributed by atoms with Crippen LogP contribution in [0.15, 0.2) is 40.6 Å². The van der Waals surface area contributed by atoms with E-state index in [4.69, 9.17) is 27.3 Å². The van der Waals surface area contributed by atoms with E-state index in [2.05, 4.69) is 29.4 Å². The minimum atomic E-state index is -1.18. The van der Waals surface area contributed by atoms with E-state index in [0.717, 1.165) is 54.7 Å². The van der Waals surface area contributed by atoms with Crippen molar-refractivity contribution in [3.05, 3.63) is 41.4 Å². The van der Waals surface area contributed by atoms with Crippen molar-refractivity contribution in [2.75, 3.05) is 23.7 Å². The van der Waals surface area contributed by atoms with Crippen LogP contribution in [-0.2, 0) is 25.0 Å². The number of anilines is 2. The second-order valence-corrected chi connectivity index (χ2v) is 14.6. The van der Waals surface area contributed by atoms with Crippen molar-refractivity contribution < 1.29 is 4.55 Å². The number of nitrogens with two attached hydrogens (primary N) is 1. The topological polar surface area (TPSA) is 139 Å². The summed E-state index contributed by atoms with van der Waals surface area (Å²) in [5.41, 5.74) is 8.20. The molecule has 1 fully saturated rings. The highest BCUT2D eigenvalue weighted by Crippen LogP contribution is 2.50. The Bertz CT molecular complexity index is 1530. The highest BCUT2D eigenvalue weighted by atomic mass is 35.5. The molecular weight excluding hydrogens is 556 g/mol.